The molecule has 1 aromatic rings. The highest BCUT2D eigenvalue weighted by Crippen LogP contribution is 2.14. The summed E-state index contributed by atoms with van der Waals surface area (Å²) in [7, 11) is 0. The molecular formula is C15H19NO2. The smallest absolute Gasteiger partial charge is 0.120 e. The van der Waals surface area contributed by atoms with Crippen LogP contribution in [0.1, 0.15) is 24.8 Å². The van der Waals surface area contributed by atoms with E-state index in [2.05, 4.69) is 11.8 Å². The SMILES string of the molecule is NCCOc1cccc(C#CC2CCCCO2)c1. The van der Waals surface area contributed by atoms with E-state index in [1.165, 1.54) is 6.42 Å². The van der Waals surface area contributed by atoms with Gasteiger partial charge in [-0.15, -0.1) is 0 Å². The fourth-order valence-corrected chi connectivity index (χ4v) is 1.86. The van der Waals surface area contributed by atoms with Gasteiger partial charge in [0.05, 0.1) is 0 Å². The van der Waals surface area contributed by atoms with Gasteiger partial charge < -0.3 is 15.2 Å². The van der Waals surface area contributed by atoms with Gasteiger partial charge in [-0.2, -0.15) is 0 Å². The lowest BCUT2D eigenvalue weighted by molar-refractivity contribution is 0.0526. The van der Waals surface area contributed by atoms with Crippen LogP contribution < -0.4 is 10.5 Å². The van der Waals surface area contributed by atoms with E-state index in [4.69, 9.17) is 15.2 Å². The molecule has 1 atom stereocenters. The molecule has 0 spiro atoms. The number of hydrogen-bond donors (Lipinski definition) is 1. The van der Waals surface area contributed by atoms with Crippen LogP contribution in [0.2, 0.25) is 0 Å². The van der Waals surface area contributed by atoms with Gasteiger partial charge in [-0.25, -0.2) is 0 Å². The van der Waals surface area contributed by atoms with Gasteiger partial charge in [0.1, 0.15) is 18.5 Å². The Labute approximate surface area is 108 Å². The Kier molecular flexibility index (Phi) is 5.07. The minimum Gasteiger partial charge on any atom is -0.492 e. The summed E-state index contributed by atoms with van der Waals surface area (Å²) in [6, 6.07) is 7.77. The molecule has 0 aromatic heterocycles. The van der Waals surface area contributed by atoms with Crippen LogP contribution in [0.3, 0.4) is 0 Å². The maximum Gasteiger partial charge on any atom is 0.120 e. The fraction of sp³-hybridized carbons (Fsp3) is 0.467. The molecule has 0 aliphatic carbocycles. The fourth-order valence-electron chi connectivity index (χ4n) is 1.86. The second-order valence-corrected chi connectivity index (χ2v) is 4.29. The standard InChI is InChI=1S/C15H19NO2/c16-9-11-18-15-6-3-4-13(12-15)7-8-14-5-1-2-10-17-14/h3-4,6,12,14H,1-2,5,9-11,16H2. The molecule has 1 aromatic carbocycles. The van der Waals surface area contributed by atoms with Gasteiger partial charge in [0.2, 0.25) is 0 Å². The Morgan fingerprint density at radius 2 is 2.33 bits per heavy atom. The van der Waals surface area contributed by atoms with Crippen molar-refractivity contribution >= 4 is 0 Å². The molecular weight excluding hydrogens is 226 g/mol. The summed E-state index contributed by atoms with van der Waals surface area (Å²) in [5.74, 6) is 7.13. The largest absolute Gasteiger partial charge is 0.492 e. The Balaban J connectivity index is 1.97. The zero-order chi connectivity index (χ0) is 12.6. The molecule has 3 nitrogen and oxygen atoms in total. The van der Waals surface area contributed by atoms with Crippen LogP contribution in [0.15, 0.2) is 24.3 Å². The highest BCUT2D eigenvalue weighted by molar-refractivity contribution is 5.40. The molecule has 1 saturated heterocycles. The molecule has 0 radical (unpaired) electrons. The summed E-state index contributed by atoms with van der Waals surface area (Å²) in [6.45, 7) is 1.88. The molecule has 1 heterocycles. The van der Waals surface area contributed by atoms with Crippen molar-refractivity contribution in [3.05, 3.63) is 29.8 Å². The summed E-state index contributed by atoms with van der Waals surface area (Å²) in [5.41, 5.74) is 6.36. The predicted octanol–water partition coefficient (Wildman–Crippen LogP) is 1.94. The van der Waals surface area contributed by atoms with Gasteiger partial charge in [0.15, 0.2) is 0 Å². The minimum atomic E-state index is 0.0902. The molecule has 0 saturated carbocycles. The molecule has 1 fully saturated rings. The van der Waals surface area contributed by atoms with Crippen LogP contribution in [0.4, 0.5) is 0 Å². The Hall–Kier alpha value is -1.50. The normalized spacial score (nSPS) is 18.8. The first-order valence-electron chi connectivity index (χ1n) is 6.44. The lowest BCUT2D eigenvalue weighted by Gasteiger charge is -2.17. The summed E-state index contributed by atoms with van der Waals surface area (Å²) < 4.78 is 11.0. The number of ether oxygens (including phenoxy) is 2. The van der Waals surface area contributed by atoms with E-state index in [9.17, 15) is 0 Å². The van der Waals surface area contributed by atoms with E-state index >= 15 is 0 Å². The average molecular weight is 245 g/mol. The van der Waals surface area contributed by atoms with Gasteiger partial charge in [-0.05, 0) is 37.5 Å². The van der Waals surface area contributed by atoms with Crippen molar-refractivity contribution in [3.63, 3.8) is 0 Å². The van der Waals surface area contributed by atoms with Crippen molar-refractivity contribution in [3.8, 4) is 17.6 Å². The van der Waals surface area contributed by atoms with Crippen molar-refractivity contribution in [1.29, 1.82) is 0 Å². The third-order valence-corrected chi connectivity index (χ3v) is 2.78. The maximum absolute atomic E-state index is 5.57. The molecule has 1 aliphatic heterocycles. The molecule has 2 N–H and O–H groups in total. The van der Waals surface area contributed by atoms with Gasteiger partial charge in [-0.1, -0.05) is 17.9 Å². The van der Waals surface area contributed by atoms with E-state index in [1.54, 1.807) is 0 Å². The van der Waals surface area contributed by atoms with Crippen LogP contribution in [0, 0.1) is 11.8 Å². The lowest BCUT2D eigenvalue weighted by atomic mass is 10.1. The molecule has 1 unspecified atom stereocenters. The maximum atomic E-state index is 5.57. The number of nitrogens with two attached hydrogens (primary N) is 1. The number of hydrogen-bond acceptors (Lipinski definition) is 3. The highest BCUT2D eigenvalue weighted by atomic mass is 16.5. The molecule has 2 rings (SSSR count). The molecule has 18 heavy (non-hydrogen) atoms. The van der Waals surface area contributed by atoms with Gasteiger partial charge in [0.25, 0.3) is 0 Å². The second-order valence-electron chi connectivity index (χ2n) is 4.29. The summed E-state index contributed by atoms with van der Waals surface area (Å²) in [4.78, 5) is 0. The van der Waals surface area contributed by atoms with Gasteiger partial charge in [0, 0.05) is 18.7 Å². The third-order valence-electron chi connectivity index (χ3n) is 2.78. The van der Waals surface area contributed by atoms with Crippen LogP contribution >= 0.6 is 0 Å². The molecule has 0 bridgehead atoms. The van der Waals surface area contributed by atoms with E-state index in [0.717, 1.165) is 30.8 Å². The summed E-state index contributed by atoms with van der Waals surface area (Å²) >= 11 is 0. The van der Waals surface area contributed by atoms with Crippen LogP contribution in [-0.2, 0) is 4.74 Å². The van der Waals surface area contributed by atoms with Crippen LogP contribution in [-0.4, -0.2) is 25.9 Å². The van der Waals surface area contributed by atoms with Crippen LogP contribution in [0.25, 0.3) is 0 Å². The van der Waals surface area contributed by atoms with E-state index in [0.29, 0.717) is 13.2 Å². The third kappa shape index (κ3) is 4.06. The summed E-state index contributed by atoms with van der Waals surface area (Å²) in [5, 5.41) is 0. The lowest BCUT2D eigenvalue weighted by Crippen LogP contribution is -2.16. The van der Waals surface area contributed by atoms with Gasteiger partial charge >= 0.3 is 0 Å². The first-order valence-corrected chi connectivity index (χ1v) is 6.44. The Morgan fingerprint density at radius 1 is 1.39 bits per heavy atom. The van der Waals surface area contributed by atoms with Gasteiger partial charge in [-0.3, -0.25) is 0 Å². The number of rotatable bonds is 3. The van der Waals surface area contributed by atoms with Crippen LogP contribution in [0.5, 0.6) is 5.75 Å². The van der Waals surface area contributed by atoms with Crippen molar-refractivity contribution in [1.82, 2.24) is 0 Å². The molecule has 0 amide bonds. The van der Waals surface area contributed by atoms with E-state index in [-0.39, 0.29) is 6.10 Å². The minimum absolute atomic E-state index is 0.0902. The monoisotopic (exact) mass is 245 g/mol. The number of benzene rings is 1. The first kappa shape index (κ1) is 12.9. The molecule has 96 valence electrons. The van der Waals surface area contributed by atoms with E-state index < -0.39 is 0 Å². The predicted molar refractivity (Wildman–Crippen MR) is 71.5 cm³/mol. The quantitative estimate of drug-likeness (QED) is 0.828. The zero-order valence-corrected chi connectivity index (χ0v) is 10.5. The summed E-state index contributed by atoms with van der Waals surface area (Å²) in [6.07, 6.45) is 3.49. The van der Waals surface area contributed by atoms with Crippen molar-refractivity contribution in [2.45, 2.75) is 25.4 Å². The first-order chi connectivity index (χ1) is 8.88. The Bertz CT molecular complexity index is 428. The Morgan fingerprint density at radius 3 is 3.11 bits per heavy atom. The molecule has 3 heteroatoms. The second kappa shape index (κ2) is 7.05. The van der Waals surface area contributed by atoms with Crippen molar-refractivity contribution in [2.24, 2.45) is 5.73 Å². The zero-order valence-electron chi connectivity index (χ0n) is 10.5. The van der Waals surface area contributed by atoms with Crippen molar-refractivity contribution in [2.75, 3.05) is 19.8 Å². The van der Waals surface area contributed by atoms with E-state index in [1.807, 2.05) is 24.3 Å². The van der Waals surface area contributed by atoms with Crippen molar-refractivity contribution < 1.29 is 9.47 Å². The highest BCUT2D eigenvalue weighted by Gasteiger charge is 2.09. The molecule has 1 aliphatic rings. The average Bonchev–Trinajstić information content (AvgIpc) is 2.44. The topological polar surface area (TPSA) is 44.5 Å².